The molecule has 0 saturated carbocycles. The molecule has 2 unspecified atom stereocenters. The number of morpholine rings is 1. The maximum atomic E-state index is 5.74. The van der Waals surface area contributed by atoms with Gasteiger partial charge in [-0.05, 0) is 19.9 Å². The second kappa shape index (κ2) is 4.06. The number of anilines is 2. The minimum atomic E-state index is 0.247. The average molecular weight is 207 g/mol. The smallest absolute Gasteiger partial charge is 0.130 e. The zero-order chi connectivity index (χ0) is 10.8. The van der Waals surface area contributed by atoms with Crippen molar-refractivity contribution in [2.45, 2.75) is 26.1 Å². The van der Waals surface area contributed by atoms with Gasteiger partial charge in [-0.25, -0.2) is 4.98 Å². The van der Waals surface area contributed by atoms with Crippen molar-refractivity contribution in [1.29, 1.82) is 0 Å². The summed E-state index contributed by atoms with van der Waals surface area (Å²) >= 11 is 0. The maximum absolute atomic E-state index is 5.74. The van der Waals surface area contributed by atoms with E-state index >= 15 is 0 Å². The maximum Gasteiger partial charge on any atom is 0.130 e. The number of nitrogens with two attached hydrogens (primary N) is 1. The van der Waals surface area contributed by atoms with Gasteiger partial charge < -0.3 is 15.4 Å². The quantitative estimate of drug-likeness (QED) is 0.753. The molecule has 2 atom stereocenters. The molecule has 82 valence electrons. The van der Waals surface area contributed by atoms with Crippen molar-refractivity contribution >= 4 is 11.5 Å². The molecule has 1 aromatic heterocycles. The SMILES string of the molecule is CC1CN(c2cc(N)ccn2)CC(C)O1. The number of nitrogen functional groups attached to an aromatic ring is 1. The van der Waals surface area contributed by atoms with Crippen molar-refractivity contribution in [3.8, 4) is 0 Å². The minimum Gasteiger partial charge on any atom is -0.399 e. The minimum absolute atomic E-state index is 0.247. The van der Waals surface area contributed by atoms with E-state index in [1.165, 1.54) is 0 Å². The van der Waals surface area contributed by atoms with Gasteiger partial charge in [0.1, 0.15) is 5.82 Å². The van der Waals surface area contributed by atoms with Gasteiger partial charge in [0.05, 0.1) is 12.2 Å². The number of rotatable bonds is 1. The van der Waals surface area contributed by atoms with Crippen LogP contribution in [0.15, 0.2) is 18.3 Å². The summed E-state index contributed by atoms with van der Waals surface area (Å²) in [5, 5.41) is 0. The Hall–Kier alpha value is -1.29. The molecule has 2 N–H and O–H groups in total. The number of pyridine rings is 1. The molecule has 0 spiro atoms. The molecular weight excluding hydrogens is 190 g/mol. The molecule has 0 amide bonds. The fourth-order valence-electron chi connectivity index (χ4n) is 1.97. The normalized spacial score (nSPS) is 26.7. The van der Waals surface area contributed by atoms with Crippen LogP contribution < -0.4 is 10.6 Å². The van der Waals surface area contributed by atoms with Gasteiger partial charge in [0.25, 0.3) is 0 Å². The van der Waals surface area contributed by atoms with Crippen molar-refractivity contribution in [3.63, 3.8) is 0 Å². The summed E-state index contributed by atoms with van der Waals surface area (Å²) in [4.78, 5) is 6.54. The van der Waals surface area contributed by atoms with Gasteiger partial charge in [-0.15, -0.1) is 0 Å². The summed E-state index contributed by atoms with van der Waals surface area (Å²) in [5.41, 5.74) is 6.49. The van der Waals surface area contributed by atoms with Crippen LogP contribution in [-0.2, 0) is 4.74 Å². The van der Waals surface area contributed by atoms with E-state index in [0.717, 1.165) is 24.6 Å². The summed E-state index contributed by atoms with van der Waals surface area (Å²) in [6.07, 6.45) is 2.24. The lowest BCUT2D eigenvalue weighted by molar-refractivity contribution is -0.00545. The van der Waals surface area contributed by atoms with Gasteiger partial charge in [0.15, 0.2) is 0 Å². The molecular formula is C11H17N3O. The Morgan fingerprint density at radius 3 is 2.67 bits per heavy atom. The number of nitrogens with zero attached hydrogens (tertiary/aromatic N) is 2. The molecule has 2 heterocycles. The van der Waals surface area contributed by atoms with Crippen molar-refractivity contribution < 1.29 is 4.74 Å². The van der Waals surface area contributed by atoms with E-state index in [2.05, 4.69) is 23.7 Å². The molecule has 15 heavy (non-hydrogen) atoms. The van der Waals surface area contributed by atoms with E-state index in [0.29, 0.717) is 0 Å². The molecule has 0 aliphatic carbocycles. The lowest BCUT2D eigenvalue weighted by atomic mass is 10.2. The highest BCUT2D eigenvalue weighted by Gasteiger charge is 2.22. The third-order valence-corrected chi connectivity index (χ3v) is 2.51. The van der Waals surface area contributed by atoms with Gasteiger partial charge >= 0.3 is 0 Å². The number of ether oxygens (including phenoxy) is 1. The molecule has 0 aromatic carbocycles. The third kappa shape index (κ3) is 2.39. The van der Waals surface area contributed by atoms with Gasteiger partial charge in [0.2, 0.25) is 0 Å². The molecule has 0 bridgehead atoms. The third-order valence-electron chi connectivity index (χ3n) is 2.51. The first-order valence-electron chi connectivity index (χ1n) is 5.27. The Morgan fingerprint density at radius 2 is 2.07 bits per heavy atom. The second-order valence-electron chi connectivity index (χ2n) is 4.11. The van der Waals surface area contributed by atoms with Crippen LogP contribution in [0.4, 0.5) is 11.5 Å². The number of hydrogen-bond donors (Lipinski definition) is 1. The van der Waals surface area contributed by atoms with E-state index in [1.807, 2.05) is 6.07 Å². The fraction of sp³-hybridized carbons (Fsp3) is 0.545. The highest BCUT2D eigenvalue weighted by Crippen LogP contribution is 2.19. The second-order valence-corrected chi connectivity index (χ2v) is 4.11. The monoisotopic (exact) mass is 207 g/mol. The summed E-state index contributed by atoms with van der Waals surface area (Å²) in [7, 11) is 0. The lowest BCUT2D eigenvalue weighted by Gasteiger charge is -2.36. The predicted molar refractivity (Wildman–Crippen MR) is 60.9 cm³/mol. The summed E-state index contributed by atoms with van der Waals surface area (Å²) in [5.74, 6) is 0.942. The molecule has 1 fully saturated rings. The largest absolute Gasteiger partial charge is 0.399 e. The van der Waals surface area contributed by atoms with Crippen LogP contribution in [0.25, 0.3) is 0 Å². The predicted octanol–water partition coefficient (Wildman–Crippen LogP) is 1.28. The van der Waals surface area contributed by atoms with Crippen molar-refractivity contribution in [3.05, 3.63) is 18.3 Å². The fourth-order valence-corrected chi connectivity index (χ4v) is 1.97. The summed E-state index contributed by atoms with van der Waals surface area (Å²) < 4.78 is 5.67. The molecule has 4 nitrogen and oxygen atoms in total. The zero-order valence-corrected chi connectivity index (χ0v) is 9.18. The van der Waals surface area contributed by atoms with Gasteiger partial charge in [-0.2, -0.15) is 0 Å². The van der Waals surface area contributed by atoms with Crippen molar-refractivity contribution in [2.75, 3.05) is 23.7 Å². The van der Waals surface area contributed by atoms with Crippen LogP contribution >= 0.6 is 0 Å². The van der Waals surface area contributed by atoms with Crippen molar-refractivity contribution in [2.24, 2.45) is 0 Å². The van der Waals surface area contributed by atoms with E-state index in [1.54, 1.807) is 12.3 Å². The van der Waals surface area contributed by atoms with E-state index in [9.17, 15) is 0 Å². The first-order valence-corrected chi connectivity index (χ1v) is 5.27. The first-order chi connectivity index (χ1) is 7.15. The lowest BCUT2D eigenvalue weighted by Crippen LogP contribution is -2.45. The molecule has 4 heteroatoms. The zero-order valence-electron chi connectivity index (χ0n) is 9.18. The Balaban J connectivity index is 2.16. The highest BCUT2D eigenvalue weighted by molar-refractivity contribution is 5.50. The molecule has 1 saturated heterocycles. The Morgan fingerprint density at radius 1 is 1.40 bits per heavy atom. The number of aromatic nitrogens is 1. The highest BCUT2D eigenvalue weighted by atomic mass is 16.5. The summed E-state index contributed by atoms with van der Waals surface area (Å²) in [6, 6.07) is 3.71. The van der Waals surface area contributed by atoms with Crippen LogP contribution in [0.5, 0.6) is 0 Å². The molecule has 1 aliphatic rings. The Kier molecular flexibility index (Phi) is 2.77. The number of hydrogen-bond acceptors (Lipinski definition) is 4. The Labute approximate surface area is 90.0 Å². The van der Waals surface area contributed by atoms with E-state index in [-0.39, 0.29) is 12.2 Å². The van der Waals surface area contributed by atoms with E-state index in [4.69, 9.17) is 10.5 Å². The van der Waals surface area contributed by atoms with Gasteiger partial charge in [-0.3, -0.25) is 0 Å². The van der Waals surface area contributed by atoms with Gasteiger partial charge in [-0.1, -0.05) is 0 Å². The van der Waals surface area contributed by atoms with Crippen LogP contribution in [-0.4, -0.2) is 30.3 Å². The van der Waals surface area contributed by atoms with Crippen LogP contribution in [0, 0.1) is 0 Å². The molecule has 2 rings (SSSR count). The Bertz CT molecular complexity index is 332. The molecule has 1 aromatic rings. The van der Waals surface area contributed by atoms with Crippen LogP contribution in [0.1, 0.15) is 13.8 Å². The topological polar surface area (TPSA) is 51.4 Å². The van der Waals surface area contributed by atoms with Crippen LogP contribution in [0.2, 0.25) is 0 Å². The van der Waals surface area contributed by atoms with E-state index < -0.39 is 0 Å². The molecule has 0 radical (unpaired) electrons. The van der Waals surface area contributed by atoms with Crippen molar-refractivity contribution in [1.82, 2.24) is 4.98 Å². The first kappa shape index (κ1) is 10.2. The van der Waals surface area contributed by atoms with Crippen LogP contribution in [0.3, 0.4) is 0 Å². The summed E-state index contributed by atoms with van der Waals surface area (Å²) in [6.45, 7) is 5.91. The average Bonchev–Trinajstić information content (AvgIpc) is 2.16. The van der Waals surface area contributed by atoms with Gasteiger partial charge in [0, 0.05) is 31.0 Å². The standard InChI is InChI=1S/C11H17N3O/c1-8-6-14(7-9(2)15-8)11-5-10(12)3-4-13-11/h3-5,8-9H,6-7H2,1-2H3,(H2,12,13). The molecule has 1 aliphatic heterocycles.